The second kappa shape index (κ2) is 6.49. The van der Waals surface area contributed by atoms with E-state index in [-0.39, 0.29) is 24.0 Å². The normalized spacial score (nSPS) is 25.6. The number of hydrogen-bond donors (Lipinski definition) is 1. The van der Waals surface area contributed by atoms with Crippen molar-refractivity contribution in [1.82, 2.24) is 4.90 Å². The van der Waals surface area contributed by atoms with Crippen molar-refractivity contribution in [3.63, 3.8) is 0 Å². The molecule has 0 aliphatic carbocycles. The van der Waals surface area contributed by atoms with Crippen LogP contribution >= 0.6 is 0 Å². The number of aliphatic hydroxyl groups excluding tert-OH is 1. The first-order valence-corrected chi connectivity index (χ1v) is 7.94. The van der Waals surface area contributed by atoms with E-state index >= 15 is 0 Å². The lowest BCUT2D eigenvalue weighted by atomic mass is 10.2. The van der Waals surface area contributed by atoms with Crippen LogP contribution in [0.4, 0.5) is 0 Å². The van der Waals surface area contributed by atoms with Gasteiger partial charge in [0.25, 0.3) is 0 Å². The van der Waals surface area contributed by atoms with E-state index in [0.717, 1.165) is 0 Å². The minimum absolute atomic E-state index is 0.0518. The monoisotopic (exact) mass is 279 g/mol. The van der Waals surface area contributed by atoms with Crippen molar-refractivity contribution in [3.05, 3.63) is 0 Å². The standard InChI is InChI=1S/C11H21NO5S/c1-3-17-11(14)6-10(13)7-12-4-5-18(15,16)8-9(12)2/h9-10,13H,3-8H2,1-2H3. The highest BCUT2D eigenvalue weighted by Gasteiger charge is 2.29. The molecule has 1 aliphatic heterocycles. The molecule has 1 rings (SSSR count). The fourth-order valence-corrected chi connectivity index (χ4v) is 3.68. The van der Waals surface area contributed by atoms with Crippen molar-refractivity contribution in [2.45, 2.75) is 32.4 Å². The highest BCUT2D eigenvalue weighted by atomic mass is 32.2. The van der Waals surface area contributed by atoms with Crippen LogP contribution in [-0.2, 0) is 19.4 Å². The zero-order chi connectivity index (χ0) is 13.8. The molecule has 1 N–H and O–H groups in total. The van der Waals surface area contributed by atoms with E-state index in [9.17, 15) is 18.3 Å². The molecule has 1 saturated heterocycles. The number of ether oxygens (including phenoxy) is 1. The minimum atomic E-state index is -2.95. The maximum atomic E-state index is 11.4. The lowest BCUT2D eigenvalue weighted by Crippen LogP contribution is -2.49. The van der Waals surface area contributed by atoms with Gasteiger partial charge in [0.15, 0.2) is 9.84 Å². The molecule has 0 saturated carbocycles. The van der Waals surface area contributed by atoms with Gasteiger partial charge in [-0.2, -0.15) is 0 Å². The van der Waals surface area contributed by atoms with Gasteiger partial charge in [0.2, 0.25) is 0 Å². The molecule has 1 aliphatic rings. The van der Waals surface area contributed by atoms with Crippen molar-refractivity contribution in [2.75, 3.05) is 31.2 Å². The lowest BCUT2D eigenvalue weighted by molar-refractivity contribution is -0.145. The third kappa shape index (κ3) is 4.91. The van der Waals surface area contributed by atoms with Crippen LogP contribution in [-0.4, -0.2) is 67.7 Å². The van der Waals surface area contributed by atoms with Crippen molar-refractivity contribution in [3.8, 4) is 0 Å². The van der Waals surface area contributed by atoms with Crippen LogP contribution in [0.5, 0.6) is 0 Å². The molecule has 2 atom stereocenters. The van der Waals surface area contributed by atoms with Gasteiger partial charge in [0.05, 0.1) is 30.6 Å². The molecule has 7 heteroatoms. The number of carbonyl (C=O) groups excluding carboxylic acids is 1. The molecule has 6 nitrogen and oxygen atoms in total. The molecule has 0 aromatic heterocycles. The summed E-state index contributed by atoms with van der Waals surface area (Å²) in [4.78, 5) is 13.1. The molecular formula is C11H21NO5S. The van der Waals surface area contributed by atoms with Gasteiger partial charge in [-0.15, -0.1) is 0 Å². The van der Waals surface area contributed by atoms with E-state index in [1.54, 1.807) is 6.92 Å². The first kappa shape index (κ1) is 15.4. The van der Waals surface area contributed by atoms with E-state index < -0.39 is 21.9 Å². The summed E-state index contributed by atoms with van der Waals surface area (Å²) in [6.07, 6.45) is -0.864. The van der Waals surface area contributed by atoms with E-state index in [1.807, 2.05) is 11.8 Å². The van der Waals surface area contributed by atoms with E-state index in [1.165, 1.54) is 0 Å². The highest BCUT2D eigenvalue weighted by Crippen LogP contribution is 2.12. The van der Waals surface area contributed by atoms with Gasteiger partial charge in [-0.25, -0.2) is 8.42 Å². The van der Waals surface area contributed by atoms with E-state index in [0.29, 0.717) is 19.7 Å². The molecule has 1 fully saturated rings. The second-order valence-electron chi connectivity index (χ2n) is 4.62. The molecule has 0 bridgehead atoms. The molecular weight excluding hydrogens is 258 g/mol. The van der Waals surface area contributed by atoms with Gasteiger partial charge in [-0.1, -0.05) is 0 Å². The van der Waals surface area contributed by atoms with Gasteiger partial charge in [-0.3, -0.25) is 9.69 Å². The average Bonchev–Trinajstić information content (AvgIpc) is 2.21. The van der Waals surface area contributed by atoms with Gasteiger partial charge >= 0.3 is 5.97 Å². The van der Waals surface area contributed by atoms with Gasteiger partial charge in [0.1, 0.15) is 0 Å². The molecule has 2 unspecified atom stereocenters. The van der Waals surface area contributed by atoms with Crippen LogP contribution < -0.4 is 0 Å². The number of carbonyl (C=O) groups is 1. The zero-order valence-corrected chi connectivity index (χ0v) is 11.6. The van der Waals surface area contributed by atoms with Crippen molar-refractivity contribution in [1.29, 1.82) is 0 Å². The largest absolute Gasteiger partial charge is 0.466 e. The van der Waals surface area contributed by atoms with E-state index in [4.69, 9.17) is 4.74 Å². The topological polar surface area (TPSA) is 83.9 Å². The number of β-amino-alcohol motifs (C(OH)–C–C–N with tert-alkyl or cyclic N) is 1. The maximum Gasteiger partial charge on any atom is 0.308 e. The molecule has 0 spiro atoms. The Balaban J connectivity index is 2.41. The Hall–Kier alpha value is -0.660. The SMILES string of the molecule is CCOC(=O)CC(O)CN1CCS(=O)(=O)CC1C. The Morgan fingerprint density at radius 2 is 2.22 bits per heavy atom. The molecule has 106 valence electrons. The van der Waals surface area contributed by atoms with Crippen molar-refractivity contribution < 1.29 is 23.1 Å². The number of sulfone groups is 1. The Kier molecular flexibility index (Phi) is 5.55. The van der Waals surface area contributed by atoms with E-state index in [2.05, 4.69) is 0 Å². The fraction of sp³-hybridized carbons (Fsp3) is 0.909. The molecule has 1 heterocycles. The minimum Gasteiger partial charge on any atom is -0.466 e. The number of hydrogen-bond acceptors (Lipinski definition) is 6. The van der Waals surface area contributed by atoms with Gasteiger partial charge in [-0.05, 0) is 13.8 Å². The van der Waals surface area contributed by atoms with Crippen LogP contribution in [0.3, 0.4) is 0 Å². The Bertz CT molecular complexity index is 381. The summed E-state index contributed by atoms with van der Waals surface area (Å²) in [5.74, 6) is -0.204. The quantitative estimate of drug-likeness (QED) is 0.678. The summed E-state index contributed by atoms with van der Waals surface area (Å²) in [6.45, 7) is 4.53. The van der Waals surface area contributed by atoms with Crippen LogP contribution in [0, 0.1) is 0 Å². The predicted octanol–water partition coefficient (Wildman–Crippen LogP) is -0.581. The molecule has 0 aromatic rings. The summed E-state index contributed by atoms with van der Waals surface area (Å²) < 4.78 is 27.5. The number of aliphatic hydroxyl groups is 1. The zero-order valence-electron chi connectivity index (χ0n) is 10.8. The van der Waals surface area contributed by atoms with Gasteiger partial charge < -0.3 is 9.84 Å². The lowest BCUT2D eigenvalue weighted by Gasteiger charge is -2.34. The summed E-state index contributed by atoms with van der Waals surface area (Å²) in [7, 11) is -2.95. The summed E-state index contributed by atoms with van der Waals surface area (Å²) >= 11 is 0. The summed E-state index contributed by atoms with van der Waals surface area (Å²) in [5.41, 5.74) is 0. The Morgan fingerprint density at radius 1 is 1.56 bits per heavy atom. The Morgan fingerprint density at radius 3 is 2.78 bits per heavy atom. The first-order valence-electron chi connectivity index (χ1n) is 6.12. The molecule has 0 amide bonds. The highest BCUT2D eigenvalue weighted by molar-refractivity contribution is 7.91. The molecule has 0 radical (unpaired) electrons. The number of rotatable bonds is 5. The molecule has 0 aromatic carbocycles. The first-order chi connectivity index (χ1) is 8.34. The maximum absolute atomic E-state index is 11.4. The van der Waals surface area contributed by atoms with Crippen LogP contribution in [0.15, 0.2) is 0 Å². The fourth-order valence-electron chi connectivity index (χ4n) is 2.05. The number of nitrogens with zero attached hydrogens (tertiary/aromatic N) is 1. The smallest absolute Gasteiger partial charge is 0.308 e. The average molecular weight is 279 g/mol. The summed E-state index contributed by atoms with van der Waals surface area (Å²) in [5, 5.41) is 9.75. The Labute approximate surface area is 108 Å². The van der Waals surface area contributed by atoms with Crippen LogP contribution in [0.1, 0.15) is 20.3 Å². The second-order valence-corrected chi connectivity index (χ2v) is 6.85. The van der Waals surface area contributed by atoms with Crippen LogP contribution in [0.2, 0.25) is 0 Å². The third-order valence-electron chi connectivity index (χ3n) is 2.96. The number of esters is 1. The van der Waals surface area contributed by atoms with Crippen molar-refractivity contribution >= 4 is 15.8 Å². The molecule has 18 heavy (non-hydrogen) atoms. The summed E-state index contributed by atoms with van der Waals surface area (Å²) in [6, 6.07) is -0.124. The third-order valence-corrected chi connectivity index (χ3v) is 4.76. The van der Waals surface area contributed by atoms with Crippen LogP contribution in [0.25, 0.3) is 0 Å². The van der Waals surface area contributed by atoms with Gasteiger partial charge in [0, 0.05) is 19.1 Å². The van der Waals surface area contributed by atoms with Crippen molar-refractivity contribution in [2.24, 2.45) is 0 Å². The predicted molar refractivity (Wildman–Crippen MR) is 66.9 cm³/mol.